The van der Waals surface area contributed by atoms with E-state index in [4.69, 9.17) is 0 Å². The number of benzene rings is 1. The maximum atomic E-state index is 13.4. The van der Waals surface area contributed by atoms with Crippen LogP contribution in [0.15, 0.2) is 24.3 Å². The molecule has 2 heteroatoms. The van der Waals surface area contributed by atoms with Crippen LogP contribution >= 0.6 is 0 Å². The van der Waals surface area contributed by atoms with Crippen LogP contribution in [0.4, 0.5) is 4.39 Å². The Balaban J connectivity index is 2.01. The van der Waals surface area contributed by atoms with E-state index in [0.29, 0.717) is 12.0 Å². The molecule has 1 aliphatic rings. The van der Waals surface area contributed by atoms with Crippen molar-refractivity contribution in [1.82, 2.24) is 5.32 Å². The standard InChI is InChI=1S/C19H30FN/c1-3-6-15-9-10-19(21-11-4-2)17(12-15)13-16-7-5-8-18(20)14-16/h5,7-8,14-15,17,19,21H,3-4,6,9-13H2,1-2H3. The summed E-state index contributed by atoms with van der Waals surface area (Å²) in [5, 5.41) is 3.73. The van der Waals surface area contributed by atoms with Crippen LogP contribution in [-0.2, 0) is 6.42 Å². The lowest BCUT2D eigenvalue weighted by atomic mass is 9.74. The topological polar surface area (TPSA) is 12.0 Å². The predicted molar refractivity (Wildman–Crippen MR) is 87.9 cm³/mol. The molecule has 0 heterocycles. The summed E-state index contributed by atoms with van der Waals surface area (Å²) in [5.41, 5.74) is 1.15. The Labute approximate surface area is 129 Å². The normalized spacial score (nSPS) is 26.0. The molecule has 2 rings (SSSR count). The Morgan fingerprint density at radius 1 is 1.19 bits per heavy atom. The summed E-state index contributed by atoms with van der Waals surface area (Å²) >= 11 is 0. The monoisotopic (exact) mass is 291 g/mol. The van der Waals surface area contributed by atoms with Gasteiger partial charge < -0.3 is 5.32 Å². The van der Waals surface area contributed by atoms with Gasteiger partial charge in [0.2, 0.25) is 0 Å². The lowest BCUT2D eigenvalue weighted by Crippen LogP contribution is -2.42. The van der Waals surface area contributed by atoms with Crippen molar-refractivity contribution in [3.63, 3.8) is 0 Å². The Hall–Kier alpha value is -0.890. The molecule has 0 radical (unpaired) electrons. The van der Waals surface area contributed by atoms with Gasteiger partial charge in [-0.1, -0.05) is 38.8 Å². The molecule has 1 fully saturated rings. The van der Waals surface area contributed by atoms with Crippen molar-refractivity contribution in [3.8, 4) is 0 Å². The highest BCUT2D eigenvalue weighted by Gasteiger charge is 2.29. The second-order valence-electron chi connectivity index (χ2n) is 6.62. The predicted octanol–water partition coefficient (Wildman–Crippen LogP) is 4.95. The first kappa shape index (κ1) is 16.5. The molecular weight excluding hydrogens is 261 g/mol. The van der Waals surface area contributed by atoms with E-state index in [9.17, 15) is 4.39 Å². The maximum Gasteiger partial charge on any atom is 0.123 e. The number of hydrogen-bond donors (Lipinski definition) is 1. The van der Waals surface area contributed by atoms with Crippen molar-refractivity contribution in [1.29, 1.82) is 0 Å². The van der Waals surface area contributed by atoms with Crippen LogP contribution in [0.2, 0.25) is 0 Å². The molecule has 118 valence electrons. The third-order valence-electron chi connectivity index (χ3n) is 4.83. The molecule has 3 unspecified atom stereocenters. The minimum absolute atomic E-state index is 0.105. The summed E-state index contributed by atoms with van der Waals surface area (Å²) in [6, 6.07) is 7.77. The maximum absolute atomic E-state index is 13.4. The van der Waals surface area contributed by atoms with E-state index in [1.165, 1.54) is 44.6 Å². The van der Waals surface area contributed by atoms with Crippen molar-refractivity contribution < 1.29 is 4.39 Å². The molecule has 3 atom stereocenters. The van der Waals surface area contributed by atoms with Gasteiger partial charge in [-0.15, -0.1) is 0 Å². The lowest BCUT2D eigenvalue weighted by molar-refractivity contribution is 0.193. The van der Waals surface area contributed by atoms with Crippen molar-refractivity contribution in [2.45, 2.75) is 64.8 Å². The van der Waals surface area contributed by atoms with Crippen LogP contribution < -0.4 is 5.32 Å². The van der Waals surface area contributed by atoms with Gasteiger partial charge in [-0.3, -0.25) is 0 Å². The summed E-state index contributed by atoms with van der Waals surface area (Å²) < 4.78 is 13.4. The van der Waals surface area contributed by atoms with Gasteiger partial charge in [0, 0.05) is 6.04 Å². The average molecular weight is 291 g/mol. The van der Waals surface area contributed by atoms with Crippen LogP contribution in [0.1, 0.15) is 57.9 Å². The van der Waals surface area contributed by atoms with Crippen LogP contribution in [0, 0.1) is 17.7 Å². The molecule has 1 aromatic rings. The van der Waals surface area contributed by atoms with E-state index in [1.54, 1.807) is 6.07 Å². The van der Waals surface area contributed by atoms with Crippen molar-refractivity contribution in [3.05, 3.63) is 35.6 Å². The lowest BCUT2D eigenvalue weighted by Gasteiger charge is -2.37. The van der Waals surface area contributed by atoms with E-state index in [2.05, 4.69) is 25.2 Å². The fourth-order valence-corrected chi connectivity index (χ4v) is 3.82. The van der Waals surface area contributed by atoms with E-state index in [1.807, 2.05) is 6.07 Å². The highest BCUT2D eigenvalue weighted by atomic mass is 19.1. The fourth-order valence-electron chi connectivity index (χ4n) is 3.82. The van der Waals surface area contributed by atoms with Gasteiger partial charge in [-0.05, 0) is 68.2 Å². The molecule has 1 aliphatic carbocycles. The highest BCUT2D eigenvalue weighted by Crippen LogP contribution is 2.34. The first-order valence-corrected chi connectivity index (χ1v) is 8.70. The van der Waals surface area contributed by atoms with E-state index in [-0.39, 0.29) is 5.82 Å². The molecule has 1 saturated carbocycles. The first-order valence-electron chi connectivity index (χ1n) is 8.70. The molecule has 0 spiro atoms. The molecular formula is C19H30FN. The molecule has 1 N–H and O–H groups in total. The zero-order valence-electron chi connectivity index (χ0n) is 13.6. The van der Waals surface area contributed by atoms with Gasteiger partial charge in [-0.2, -0.15) is 0 Å². The molecule has 0 aliphatic heterocycles. The highest BCUT2D eigenvalue weighted by molar-refractivity contribution is 5.17. The molecule has 21 heavy (non-hydrogen) atoms. The second kappa shape index (κ2) is 8.53. The summed E-state index contributed by atoms with van der Waals surface area (Å²) in [5.74, 6) is 1.42. The SMILES string of the molecule is CCCNC1CCC(CCC)CC1Cc1cccc(F)c1. The zero-order chi connectivity index (χ0) is 15.1. The Kier molecular flexibility index (Phi) is 6.69. The molecule has 0 bridgehead atoms. The van der Waals surface area contributed by atoms with Crippen LogP contribution in [0.3, 0.4) is 0 Å². The molecule has 0 amide bonds. The van der Waals surface area contributed by atoms with Gasteiger partial charge in [0.1, 0.15) is 5.82 Å². The Morgan fingerprint density at radius 3 is 2.76 bits per heavy atom. The van der Waals surface area contributed by atoms with Crippen LogP contribution in [0.5, 0.6) is 0 Å². The first-order chi connectivity index (χ1) is 10.2. The van der Waals surface area contributed by atoms with Gasteiger partial charge in [0.25, 0.3) is 0 Å². The summed E-state index contributed by atoms with van der Waals surface area (Å²) in [6.07, 6.45) is 8.76. The average Bonchev–Trinajstić information content (AvgIpc) is 2.47. The van der Waals surface area contributed by atoms with Crippen molar-refractivity contribution >= 4 is 0 Å². The minimum Gasteiger partial charge on any atom is -0.314 e. The zero-order valence-corrected chi connectivity index (χ0v) is 13.6. The molecule has 0 aromatic heterocycles. The smallest absolute Gasteiger partial charge is 0.123 e. The second-order valence-corrected chi connectivity index (χ2v) is 6.62. The third-order valence-corrected chi connectivity index (χ3v) is 4.83. The summed E-state index contributed by atoms with van der Waals surface area (Å²) in [4.78, 5) is 0. The van der Waals surface area contributed by atoms with E-state index >= 15 is 0 Å². The Bertz CT molecular complexity index is 418. The van der Waals surface area contributed by atoms with E-state index < -0.39 is 0 Å². The van der Waals surface area contributed by atoms with Crippen molar-refractivity contribution in [2.75, 3.05) is 6.54 Å². The molecule has 1 nitrogen and oxygen atoms in total. The molecule has 0 saturated heterocycles. The third kappa shape index (κ3) is 5.10. The minimum atomic E-state index is -0.105. The van der Waals surface area contributed by atoms with Crippen LogP contribution in [-0.4, -0.2) is 12.6 Å². The van der Waals surface area contributed by atoms with Gasteiger partial charge in [-0.25, -0.2) is 4.39 Å². The largest absolute Gasteiger partial charge is 0.314 e. The summed E-state index contributed by atoms with van der Waals surface area (Å²) in [6.45, 7) is 5.60. The fraction of sp³-hybridized carbons (Fsp3) is 0.684. The Morgan fingerprint density at radius 2 is 2.05 bits per heavy atom. The van der Waals surface area contributed by atoms with Crippen molar-refractivity contribution in [2.24, 2.45) is 11.8 Å². The quantitative estimate of drug-likeness (QED) is 0.749. The van der Waals surface area contributed by atoms with E-state index in [0.717, 1.165) is 24.4 Å². The number of rotatable bonds is 7. The summed E-state index contributed by atoms with van der Waals surface area (Å²) in [7, 11) is 0. The van der Waals surface area contributed by atoms with Crippen LogP contribution in [0.25, 0.3) is 0 Å². The number of hydrogen-bond acceptors (Lipinski definition) is 1. The molecule has 1 aromatic carbocycles. The van der Waals surface area contributed by atoms with Gasteiger partial charge >= 0.3 is 0 Å². The number of nitrogens with one attached hydrogen (secondary N) is 1. The van der Waals surface area contributed by atoms with Gasteiger partial charge in [0.15, 0.2) is 0 Å². The van der Waals surface area contributed by atoms with Gasteiger partial charge in [0.05, 0.1) is 0 Å². The number of halogens is 1.